The van der Waals surface area contributed by atoms with Crippen LogP contribution in [-0.4, -0.2) is 24.7 Å². The molecule has 3 rings (SSSR count). The van der Waals surface area contributed by atoms with E-state index in [-0.39, 0.29) is 16.5 Å². The van der Waals surface area contributed by atoms with Gasteiger partial charge in [0, 0.05) is 11.5 Å². The average Bonchev–Trinajstić information content (AvgIpc) is 2.97. The predicted molar refractivity (Wildman–Crippen MR) is 79.1 cm³/mol. The van der Waals surface area contributed by atoms with Gasteiger partial charge in [0.05, 0.1) is 18.6 Å². The summed E-state index contributed by atoms with van der Waals surface area (Å²) in [6.45, 7) is 6.69. The van der Waals surface area contributed by atoms with Crippen LogP contribution in [0.15, 0.2) is 16.9 Å². The predicted octanol–water partition coefficient (Wildman–Crippen LogP) is 2.40. The van der Waals surface area contributed by atoms with Crippen LogP contribution in [0.4, 0.5) is 5.95 Å². The van der Waals surface area contributed by atoms with Crippen molar-refractivity contribution in [1.29, 1.82) is 0 Å². The van der Waals surface area contributed by atoms with E-state index in [0.717, 1.165) is 5.69 Å². The Hall–Kier alpha value is -2.15. The van der Waals surface area contributed by atoms with E-state index in [0.29, 0.717) is 23.5 Å². The lowest BCUT2D eigenvalue weighted by Crippen LogP contribution is -2.11. The van der Waals surface area contributed by atoms with Crippen molar-refractivity contribution in [2.75, 3.05) is 5.73 Å². The molecule has 0 aliphatic heterocycles. The second-order valence-corrected chi connectivity index (χ2v) is 6.20. The number of fused-ring (bicyclic) bond motifs is 1. The Bertz CT molecular complexity index is 801. The van der Waals surface area contributed by atoms with Crippen LogP contribution >= 0.6 is 11.6 Å². The summed E-state index contributed by atoms with van der Waals surface area (Å²) in [6, 6.07) is 1.93. The van der Waals surface area contributed by atoms with E-state index in [1.54, 1.807) is 10.9 Å². The molecule has 2 N–H and O–H groups in total. The van der Waals surface area contributed by atoms with Gasteiger partial charge in [-0.1, -0.05) is 37.5 Å². The lowest BCUT2D eigenvalue weighted by atomic mass is 9.92. The van der Waals surface area contributed by atoms with Crippen LogP contribution in [0.2, 0.25) is 5.15 Å². The van der Waals surface area contributed by atoms with Crippen molar-refractivity contribution in [2.45, 2.75) is 32.7 Å². The van der Waals surface area contributed by atoms with E-state index in [2.05, 4.69) is 40.9 Å². The number of halogens is 1. The van der Waals surface area contributed by atoms with E-state index < -0.39 is 0 Å². The summed E-state index contributed by atoms with van der Waals surface area (Å²) < 4.78 is 7.17. The highest BCUT2D eigenvalue weighted by Crippen LogP contribution is 2.23. The van der Waals surface area contributed by atoms with Crippen LogP contribution in [-0.2, 0) is 12.0 Å². The van der Waals surface area contributed by atoms with Gasteiger partial charge in [0.2, 0.25) is 5.95 Å². The topological polar surface area (TPSA) is 95.7 Å². The lowest BCUT2D eigenvalue weighted by Gasteiger charge is -2.12. The highest BCUT2D eigenvalue weighted by atomic mass is 35.5. The summed E-state index contributed by atoms with van der Waals surface area (Å²) in [6.07, 6.45) is 1.63. The fourth-order valence-corrected chi connectivity index (χ4v) is 2.17. The van der Waals surface area contributed by atoms with Crippen molar-refractivity contribution in [1.82, 2.24) is 24.7 Å². The Morgan fingerprint density at radius 2 is 2.10 bits per heavy atom. The van der Waals surface area contributed by atoms with Crippen molar-refractivity contribution in [3.63, 3.8) is 0 Å². The zero-order valence-corrected chi connectivity index (χ0v) is 12.7. The standard InChI is InChI=1S/C13H15ClN6O/c1-13(2,3)8-4-7(21-19-8)5-20-6-16-9-10(14)17-12(15)18-11(9)20/h4,6H,5H2,1-3H3,(H2,15,17,18). The Labute approximate surface area is 126 Å². The van der Waals surface area contributed by atoms with Gasteiger partial charge in [-0.15, -0.1) is 0 Å². The molecule has 0 aromatic carbocycles. The maximum Gasteiger partial charge on any atom is 0.223 e. The summed E-state index contributed by atoms with van der Waals surface area (Å²) in [5, 5.41) is 4.33. The van der Waals surface area contributed by atoms with E-state index >= 15 is 0 Å². The normalized spacial score (nSPS) is 12.2. The van der Waals surface area contributed by atoms with E-state index in [4.69, 9.17) is 21.9 Å². The second kappa shape index (κ2) is 4.70. The Balaban J connectivity index is 1.97. The molecule has 21 heavy (non-hydrogen) atoms. The Morgan fingerprint density at radius 1 is 1.33 bits per heavy atom. The molecule has 3 aromatic rings. The summed E-state index contributed by atoms with van der Waals surface area (Å²) >= 11 is 6.00. The first kappa shape index (κ1) is 13.8. The number of rotatable bonds is 2. The number of nitrogen functional groups attached to an aromatic ring is 1. The van der Waals surface area contributed by atoms with Crippen molar-refractivity contribution < 1.29 is 4.52 Å². The molecule has 0 bridgehead atoms. The number of hydrogen-bond acceptors (Lipinski definition) is 6. The van der Waals surface area contributed by atoms with Crippen LogP contribution in [0.25, 0.3) is 11.2 Å². The van der Waals surface area contributed by atoms with E-state index in [1.807, 2.05) is 6.07 Å². The third-order valence-electron chi connectivity index (χ3n) is 3.09. The molecule has 110 valence electrons. The highest BCUT2D eigenvalue weighted by molar-refractivity contribution is 6.33. The molecule has 0 aliphatic carbocycles. The summed E-state index contributed by atoms with van der Waals surface area (Å²) in [5.41, 5.74) is 7.55. The first-order valence-electron chi connectivity index (χ1n) is 6.44. The molecule has 3 heterocycles. The van der Waals surface area contributed by atoms with Gasteiger partial charge in [-0.05, 0) is 0 Å². The van der Waals surface area contributed by atoms with Gasteiger partial charge < -0.3 is 14.8 Å². The molecule has 0 atom stereocenters. The molecule has 0 amide bonds. The minimum Gasteiger partial charge on any atom is -0.368 e. The number of aromatic nitrogens is 5. The molecule has 0 saturated heterocycles. The summed E-state index contributed by atoms with van der Waals surface area (Å²) in [5.74, 6) is 0.828. The van der Waals surface area contributed by atoms with Gasteiger partial charge in [0.15, 0.2) is 16.6 Å². The lowest BCUT2D eigenvalue weighted by molar-refractivity contribution is 0.360. The molecule has 0 unspecified atom stereocenters. The number of nitrogens with two attached hydrogens (primary N) is 1. The maximum atomic E-state index is 6.00. The fraction of sp³-hybridized carbons (Fsp3) is 0.385. The fourth-order valence-electron chi connectivity index (χ4n) is 1.95. The molecule has 7 nitrogen and oxygen atoms in total. The summed E-state index contributed by atoms with van der Waals surface area (Å²) in [7, 11) is 0. The molecule has 3 aromatic heterocycles. The molecule has 0 spiro atoms. The zero-order chi connectivity index (χ0) is 15.2. The van der Waals surface area contributed by atoms with Crippen LogP contribution in [0.5, 0.6) is 0 Å². The van der Waals surface area contributed by atoms with E-state index in [1.165, 1.54) is 0 Å². The molecule has 0 radical (unpaired) electrons. The largest absolute Gasteiger partial charge is 0.368 e. The van der Waals surface area contributed by atoms with E-state index in [9.17, 15) is 0 Å². The average molecular weight is 307 g/mol. The van der Waals surface area contributed by atoms with Crippen molar-refractivity contribution in [3.8, 4) is 0 Å². The van der Waals surface area contributed by atoms with Crippen LogP contribution < -0.4 is 5.73 Å². The quantitative estimate of drug-likeness (QED) is 0.730. The van der Waals surface area contributed by atoms with Crippen molar-refractivity contribution >= 4 is 28.7 Å². The van der Waals surface area contributed by atoms with Gasteiger partial charge in [0.25, 0.3) is 0 Å². The highest BCUT2D eigenvalue weighted by Gasteiger charge is 2.19. The number of anilines is 1. The molecule has 8 heteroatoms. The molecule has 0 fully saturated rings. The Morgan fingerprint density at radius 3 is 2.76 bits per heavy atom. The number of hydrogen-bond donors (Lipinski definition) is 1. The van der Waals surface area contributed by atoms with Crippen LogP contribution in [0.3, 0.4) is 0 Å². The Kier molecular flexibility index (Phi) is 3.09. The molecular formula is C13H15ClN6O. The maximum absolute atomic E-state index is 6.00. The van der Waals surface area contributed by atoms with Gasteiger partial charge in [-0.2, -0.15) is 9.97 Å². The monoisotopic (exact) mass is 306 g/mol. The smallest absolute Gasteiger partial charge is 0.223 e. The first-order valence-corrected chi connectivity index (χ1v) is 6.82. The third kappa shape index (κ3) is 2.56. The minimum atomic E-state index is -0.0609. The van der Waals surface area contributed by atoms with Gasteiger partial charge in [-0.25, -0.2) is 4.98 Å². The zero-order valence-electron chi connectivity index (χ0n) is 12.0. The minimum absolute atomic E-state index is 0.0609. The SMILES string of the molecule is CC(C)(C)c1cc(Cn2cnc3c(Cl)nc(N)nc32)on1. The second-order valence-electron chi connectivity index (χ2n) is 5.85. The number of nitrogens with zero attached hydrogens (tertiary/aromatic N) is 5. The van der Waals surface area contributed by atoms with Crippen molar-refractivity contribution in [3.05, 3.63) is 29.0 Å². The van der Waals surface area contributed by atoms with Gasteiger partial charge in [-0.3, -0.25) is 0 Å². The van der Waals surface area contributed by atoms with Crippen molar-refractivity contribution in [2.24, 2.45) is 0 Å². The van der Waals surface area contributed by atoms with Gasteiger partial charge >= 0.3 is 0 Å². The van der Waals surface area contributed by atoms with Gasteiger partial charge in [0.1, 0.15) is 5.52 Å². The molecule has 0 saturated carbocycles. The van der Waals surface area contributed by atoms with Crippen LogP contribution in [0.1, 0.15) is 32.2 Å². The number of imidazole rings is 1. The summed E-state index contributed by atoms with van der Waals surface area (Å²) in [4.78, 5) is 12.2. The molecule has 0 aliphatic rings. The third-order valence-corrected chi connectivity index (χ3v) is 3.36. The first-order chi connectivity index (χ1) is 9.84. The van der Waals surface area contributed by atoms with Crippen LogP contribution in [0, 0.1) is 0 Å². The molecular weight excluding hydrogens is 292 g/mol.